The van der Waals surface area contributed by atoms with Crippen LogP contribution in [-0.2, 0) is 21.9 Å². The summed E-state index contributed by atoms with van der Waals surface area (Å²) in [6, 6.07) is 4.35. The molecule has 0 bridgehead atoms. The molecule has 28 heavy (non-hydrogen) atoms. The molecule has 3 heterocycles. The zero-order valence-electron chi connectivity index (χ0n) is 15.0. The van der Waals surface area contributed by atoms with Gasteiger partial charge in [0.05, 0.1) is 16.3 Å². The fourth-order valence-electron chi connectivity index (χ4n) is 3.29. The number of thiazole rings is 1. The van der Waals surface area contributed by atoms with Crippen molar-refractivity contribution in [2.45, 2.75) is 17.7 Å². The van der Waals surface area contributed by atoms with Crippen molar-refractivity contribution in [3.05, 3.63) is 40.3 Å². The van der Waals surface area contributed by atoms with E-state index in [1.54, 1.807) is 24.7 Å². The fraction of sp³-hybridized carbons (Fsp3) is 0.353. The summed E-state index contributed by atoms with van der Waals surface area (Å²) in [7, 11) is -2.26. The monoisotopic (exact) mass is 422 g/mol. The minimum atomic E-state index is -3.82. The van der Waals surface area contributed by atoms with E-state index < -0.39 is 21.7 Å². The van der Waals surface area contributed by atoms with Gasteiger partial charge in [0.15, 0.2) is 10.7 Å². The number of anilines is 1. The summed E-state index contributed by atoms with van der Waals surface area (Å²) in [5, 5.41) is 4.98. The number of carbonyl (C=O) groups is 1. The van der Waals surface area contributed by atoms with E-state index in [1.807, 2.05) is 0 Å². The third kappa shape index (κ3) is 3.36. The van der Waals surface area contributed by atoms with Crippen molar-refractivity contribution in [1.29, 1.82) is 0 Å². The topological polar surface area (TPSA) is 115 Å². The van der Waals surface area contributed by atoms with Gasteiger partial charge in [-0.05, 0) is 25.0 Å². The summed E-state index contributed by atoms with van der Waals surface area (Å²) in [6.07, 6.45) is 2.78. The molecule has 0 saturated carbocycles. The maximum atomic E-state index is 13.1. The zero-order valence-corrected chi connectivity index (χ0v) is 16.6. The van der Waals surface area contributed by atoms with Gasteiger partial charge in [0, 0.05) is 37.8 Å². The first-order valence-electron chi connectivity index (χ1n) is 8.66. The number of sulfonamides is 1. The Balaban J connectivity index is 1.56. The number of hydrogen-bond donors (Lipinski definition) is 1. The molecule has 0 radical (unpaired) electrons. The minimum Gasteiger partial charge on any atom is -0.408 e. The quantitative estimate of drug-likeness (QED) is 0.683. The number of fused-ring (bicyclic) bond motifs is 1. The van der Waals surface area contributed by atoms with E-state index in [0.29, 0.717) is 30.0 Å². The van der Waals surface area contributed by atoms with Crippen LogP contribution in [0.4, 0.5) is 5.13 Å². The number of amides is 1. The molecular weight excluding hydrogens is 404 g/mol. The normalized spacial score (nSPS) is 18.4. The van der Waals surface area contributed by atoms with Gasteiger partial charge < -0.3 is 9.73 Å². The standard InChI is InChI=1S/C17H18N4O5S2/c1-20-13-5-4-12(9-14(13)26-17(20)23)28(24,25)21-7-2-3-11(10-21)15(22)19-16-18-6-8-27-16/h4-6,8-9,11H,2-3,7,10H2,1H3,(H,18,19,22)/t11-/m0/s1. The van der Waals surface area contributed by atoms with E-state index in [4.69, 9.17) is 4.42 Å². The molecule has 1 N–H and O–H groups in total. The summed E-state index contributed by atoms with van der Waals surface area (Å²) in [5.41, 5.74) is 0.729. The molecule has 3 aromatic rings. The Morgan fingerprint density at radius 1 is 1.39 bits per heavy atom. The molecule has 1 atom stereocenters. The molecule has 9 nitrogen and oxygen atoms in total. The lowest BCUT2D eigenvalue weighted by Crippen LogP contribution is -2.43. The smallest absolute Gasteiger partial charge is 0.408 e. The number of nitrogens with one attached hydrogen (secondary N) is 1. The largest absolute Gasteiger partial charge is 0.419 e. The van der Waals surface area contributed by atoms with Crippen molar-refractivity contribution < 1.29 is 17.6 Å². The third-order valence-electron chi connectivity index (χ3n) is 4.82. The molecule has 2 aromatic heterocycles. The number of aryl methyl sites for hydroxylation is 1. The van der Waals surface area contributed by atoms with Crippen LogP contribution in [0.1, 0.15) is 12.8 Å². The van der Waals surface area contributed by atoms with Gasteiger partial charge >= 0.3 is 5.76 Å². The predicted octanol–water partition coefficient (Wildman–Crippen LogP) is 1.63. The molecule has 0 aliphatic carbocycles. The highest BCUT2D eigenvalue weighted by atomic mass is 32.2. The lowest BCUT2D eigenvalue weighted by atomic mass is 9.99. The Morgan fingerprint density at radius 2 is 2.21 bits per heavy atom. The summed E-state index contributed by atoms with van der Waals surface area (Å²) in [4.78, 5) is 28.2. The van der Waals surface area contributed by atoms with Gasteiger partial charge in [0.25, 0.3) is 0 Å². The third-order valence-corrected chi connectivity index (χ3v) is 7.37. The molecule has 0 unspecified atom stereocenters. The molecule has 1 aromatic carbocycles. The number of hydrogen-bond acceptors (Lipinski definition) is 7. The number of piperidine rings is 1. The number of carbonyl (C=O) groups excluding carboxylic acids is 1. The van der Waals surface area contributed by atoms with Crippen LogP contribution in [-0.4, -0.2) is 41.3 Å². The van der Waals surface area contributed by atoms with Crippen molar-refractivity contribution in [3.8, 4) is 0 Å². The summed E-state index contributed by atoms with van der Waals surface area (Å²) >= 11 is 1.31. The Bertz CT molecular complexity index is 1180. The maximum Gasteiger partial charge on any atom is 0.419 e. The lowest BCUT2D eigenvalue weighted by Gasteiger charge is -2.31. The number of oxazole rings is 1. The van der Waals surface area contributed by atoms with E-state index in [2.05, 4.69) is 10.3 Å². The Morgan fingerprint density at radius 3 is 2.96 bits per heavy atom. The lowest BCUT2D eigenvalue weighted by molar-refractivity contribution is -0.120. The second kappa shape index (κ2) is 7.15. The van der Waals surface area contributed by atoms with Gasteiger partial charge in [0.2, 0.25) is 15.9 Å². The van der Waals surface area contributed by atoms with Crippen molar-refractivity contribution in [2.24, 2.45) is 13.0 Å². The van der Waals surface area contributed by atoms with Gasteiger partial charge in [-0.2, -0.15) is 4.31 Å². The SMILES string of the molecule is Cn1c(=O)oc2cc(S(=O)(=O)N3CCC[C@H](C(=O)Nc4nccs4)C3)ccc21. The fourth-order valence-corrected chi connectivity index (χ4v) is 5.36. The van der Waals surface area contributed by atoms with Crippen LogP contribution < -0.4 is 11.1 Å². The van der Waals surface area contributed by atoms with E-state index in [0.717, 1.165) is 0 Å². The highest BCUT2D eigenvalue weighted by Gasteiger charge is 2.34. The first-order chi connectivity index (χ1) is 13.4. The number of aromatic nitrogens is 2. The molecule has 1 amide bonds. The average Bonchev–Trinajstić information content (AvgIpc) is 3.29. The molecule has 4 rings (SSSR count). The van der Waals surface area contributed by atoms with Gasteiger partial charge in [-0.1, -0.05) is 0 Å². The minimum absolute atomic E-state index is 0.0373. The van der Waals surface area contributed by atoms with Crippen LogP contribution in [0, 0.1) is 5.92 Å². The molecule has 11 heteroatoms. The van der Waals surface area contributed by atoms with Crippen LogP contribution >= 0.6 is 11.3 Å². The van der Waals surface area contributed by atoms with E-state index in [9.17, 15) is 18.0 Å². The number of rotatable bonds is 4. The first kappa shape index (κ1) is 18.8. The van der Waals surface area contributed by atoms with Crippen LogP contribution in [0.5, 0.6) is 0 Å². The number of nitrogens with zero attached hydrogens (tertiary/aromatic N) is 3. The van der Waals surface area contributed by atoms with E-state index in [-0.39, 0.29) is 22.9 Å². The van der Waals surface area contributed by atoms with Crippen molar-refractivity contribution in [3.63, 3.8) is 0 Å². The highest BCUT2D eigenvalue weighted by molar-refractivity contribution is 7.89. The van der Waals surface area contributed by atoms with Crippen LogP contribution in [0.15, 0.2) is 43.9 Å². The average molecular weight is 422 g/mol. The molecule has 1 aliphatic heterocycles. The Labute approximate surface area is 164 Å². The van der Waals surface area contributed by atoms with Crippen molar-refractivity contribution in [2.75, 3.05) is 18.4 Å². The van der Waals surface area contributed by atoms with Crippen LogP contribution in [0.2, 0.25) is 0 Å². The van der Waals surface area contributed by atoms with Gasteiger partial charge in [-0.15, -0.1) is 11.3 Å². The Kier molecular flexibility index (Phi) is 4.81. The maximum absolute atomic E-state index is 13.1. The summed E-state index contributed by atoms with van der Waals surface area (Å²) < 4.78 is 33.8. The predicted molar refractivity (Wildman–Crippen MR) is 104 cm³/mol. The molecular formula is C17H18N4O5S2. The molecule has 1 aliphatic rings. The second-order valence-electron chi connectivity index (χ2n) is 6.59. The molecule has 148 valence electrons. The van der Waals surface area contributed by atoms with E-state index >= 15 is 0 Å². The summed E-state index contributed by atoms with van der Waals surface area (Å²) in [5.74, 6) is -1.24. The van der Waals surface area contributed by atoms with E-state index in [1.165, 1.54) is 32.3 Å². The molecule has 0 spiro atoms. The van der Waals surface area contributed by atoms with Crippen molar-refractivity contribution in [1.82, 2.24) is 13.9 Å². The second-order valence-corrected chi connectivity index (χ2v) is 9.42. The van der Waals surface area contributed by atoms with Crippen molar-refractivity contribution >= 4 is 43.5 Å². The number of benzene rings is 1. The Hall–Kier alpha value is -2.50. The van der Waals surface area contributed by atoms with Crippen LogP contribution in [0.3, 0.4) is 0 Å². The van der Waals surface area contributed by atoms with Gasteiger partial charge in [-0.3, -0.25) is 9.36 Å². The zero-order chi connectivity index (χ0) is 19.9. The van der Waals surface area contributed by atoms with Gasteiger partial charge in [0.1, 0.15) is 0 Å². The highest BCUT2D eigenvalue weighted by Crippen LogP contribution is 2.27. The summed E-state index contributed by atoms with van der Waals surface area (Å²) in [6.45, 7) is 0.427. The van der Waals surface area contributed by atoms with Gasteiger partial charge in [-0.25, -0.2) is 18.2 Å². The van der Waals surface area contributed by atoms with Crippen LogP contribution in [0.25, 0.3) is 11.1 Å². The molecule has 1 fully saturated rings. The molecule has 1 saturated heterocycles. The first-order valence-corrected chi connectivity index (χ1v) is 11.0.